The second-order valence-corrected chi connectivity index (χ2v) is 14.9. The number of nitrogens with zero attached hydrogens (tertiary/aromatic N) is 1. The zero-order chi connectivity index (χ0) is 37.3. The van der Waals surface area contributed by atoms with E-state index in [0.717, 1.165) is 16.8 Å². The second kappa shape index (κ2) is 12.7. The van der Waals surface area contributed by atoms with Crippen LogP contribution in [0.25, 0.3) is 117 Å². The summed E-state index contributed by atoms with van der Waals surface area (Å²) < 4.78 is 2.38. The van der Waals surface area contributed by atoms with Crippen LogP contribution in [0.1, 0.15) is 18.1 Å². The highest BCUT2D eigenvalue weighted by Crippen LogP contribution is 2.58. The highest BCUT2D eigenvalue weighted by Gasteiger charge is 2.31. The second-order valence-electron chi connectivity index (χ2n) is 14.9. The number of hydrogen-bond acceptors (Lipinski definition) is 0. The number of allylic oxidation sites excluding steroid dienone is 1. The zero-order valence-corrected chi connectivity index (χ0v) is 31.1. The molecule has 0 bridgehead atoms. The highest BCUT2D eigenvalue weighted by molar-refractivity contribution is 6.28. The van der Waals surface area contributed by atoms with E-state index in [1.54, 1.807) is 0 Å². The molecule has 9 aromatic carbocycles. The molecule has 11 rings (SSSR count). The fourth-order valence-corrected chi connectivity index (χ4v) is 9.50. The summed E-state index contributed by atoms with van der Waals surface area (Å²) in [5, 5.41) is 7.66. The quantitative estimate of drug-likeness (QED) is 0.162. The van der Waals surface area contributed by atoms with E-state index in [2.05, 4.69) is 206 Å². The van der Waals surface area contributed by atoms with Gasteiger partial charge in [0, 0.05) is 16.5 Å². The van der Waals surface area contributed by atoms with Gasteiger partial charge in [0.25, 0.3) is 0 Å². The number of hydrogen-bond donors (Lipinski definition) is 0. The fourth-order valence-electron chi connectivity index (χ4n) is 9.50. The first-order valence-electron chi connectivity index (χ1n) is 19.4. The van der Waals surface area contributed by atoms with Crippen LogP contribution in [0.2, 0.25) is 0 Å². The summed E-state index contributed by atoms with van der Waals surface area (Å²) in [6, 6.07) is 66.6. The Hall–Kier alpha value is -7.22. The van der Waals surface area contributed by atoms with Crippen molar-refractivity contribution in [2.75, 3.05) is 0 Å². The molecule has 262 valence electrons. The van der Waals surface area contributed by atoms with Gasteiger partial charge in [0.1, 0.15) is 0 Å². The maximum atomic E-state index is 4.29. The summed E-state index contributed by atoms with van der Waals surface area (Å²) in [5.74, 6) is 0. The number of rotatable bonds is 6. The molecule has 10 aromatic rings. The molecule has 0 saturated carbocycles. The van der Waals surface area contributed by atoms with E-state index in [1.807, 2.05) is 6.08 Å². The number of para-hydroxylation sites is 2. The Morgan fingerprint density at radius 3 is 1.50 bits per heavy atom. The van der Waals surface area contributed by atoms with Crippen LogP contribution in [0.15, 0.2) is 189 Å². The molecule has 0 fully saturated rings. The van der Waals surface area contributed by atoms with Gasteiger partial charge in [-0.1, -0.05) is 176 Å². The Balaban J connectivity index is 1.11. The molecule has 0 unspecified atom stereocenters. The van der Waals surface area contributed by atoms with Crippen molar-refractivity contribution in [1.82, 2.24) is 4.57 Å². The number of benzene rings is 9. The molecule has 0 N–H and O–H groups in total. The van der Waals surface area contributed by atoms with Crippen molar-refractivity contribution in [3.8, 4) is 55.6 Å². The highest BCUT2D eigenvalue weighted by atomic mass is 15.0. The van der Waals surface area contributed by atoms with Gasteiger partial charge in [-0.05, 0) is 120 Å². The van der Waals surface area contributed by atoms with E-state index in [-0.39, 0.29) is 0 Å². The normalized spacial score (nSPS) is 12.2. The van der Waals surface area contributed by atoms with Gasteiger partial charge < -0.3 is 4.57 Å². The Kier molecular flexibility index (Phi) is 7.30. The topological polar surface area (TPSA) is 4.93 Å². The minimum Gasteiger partial charge on any atom is -0.313 e. The monoisotopic (exact) mass is 711 g/mol. The molecule has 0 atom stereocenters. The molecule has 56 heavy (non-hydrogen) atoms. The molecule has 0 radical (unpaired) electrons. The molecule has 1 heterocycles. The first-order chi connectivity index (χ1) is 27.7. The lowest BCUT2D eigenvalue weighted by Crippen LogP contribution is -1.94. The Morgan fingerprint density at radius 1 is 0.411 bits per heavy atom. The van der Waals surface area contributed by atoms with Crippen molar-refractivity contribution >= 4 is 61.2 Å². The van der Waals surface area contributed by atoms with Crippen LogP contribution < -0.4 is 0 Å². The van der Waals surface area contributed by atoms with Crippen LogP contribution in [0.4, 0.5) is 0 Å². The van der Waals surface area contributed by atoms with Crippen LogP contribution >= 0.6 is 0 Å². The van der Waals surface area contributed by atoms with E-state index < -0.39 is 0 Å². The van der Waals surface area contributed by atoms with Gasteiger partial charge in [0.15, 0.2) is 0 Å². The predicted octanol–water partition coefficient (Wildman–Crippen LogP) is 15.4. The van der Waals surface area contributed by atoms with E-state index in [0.29, 0.717) is 0 Å². The van der Waals surface area contributed by atoms with Gasteiger partial charge in [-0.15, -0.1) is 0 Å². The summed E-state index contributed by atoms with van der Waals surface area (Å²) in [4.78, 5) is 0. The molecule has 1 heteroatoms. The summed E-state index contributed by atoms with van der Waals surface area (Å²) >= 11 is 0. The summed E-state index contributed by atoms with van der Waals surface area (Å²) in [6.45, 7) is 6.50. The van der Waals surface area contributed by atoms with E-state index in [4.69, 9.17) is 0 Å². The zero-order valence-electron chi connectivity index (χ0n) is 31.1. The molecule has 0 aliphatic heterocycles. The van der Waals surface area contributed by atoms with Gasteiger partial charge in [0.05, 0.1) is 11.0 Å². The van der Waals surface area contributed by atoms with Gasteiger partial charge in [-0.3, -0.25) is 0 Å². The van der Waals surface area contributed by atoms with Crippen LogP contribution in [0.3, 0.4) is 0 Å². The fraction of sp³-hybridized carbons (Fsp3) is 0.0182. The lowest BCUT2D eigenvalue weighted by molar-refractivity contribution is 1.21. The molecular weight excluding hydrogens is 675 g/mol. The van der Waals surface area contributed by atoms with Crippen molar-refractivity contribution in [1.29, 1.82) is 0 Å². The Morgan fingerprint density at radius 2 is 0.911 bits per heavy atom. The van der Waals surface area contributed by atoms with E-state index >= 15 is 0 Å². The van der Waals surface area contributed by atoms with Crippen molar-refractivity contribution in [2.45, 2.75) is 6.92 Å². The third-order valence-corrected chi connectivity index (χ3v) is 11.8. The largest absolute Gasteiger partial charge is 0.313 e. The first-order valence-corrected chi connectivity index (χ1v) is 19.4. The molecule has 0 spiro atoms. The van der Waals surface area contributed by atoms with E-state index in [9.17, 15) is 0 Å². The average Bonchev–Trinajstić information content (AvgIpc) is 3.77. The SMILES string of the molecule is C=Cc1cc(-c2ccc3c4c(cccc24)-c2c-3c(-c3ccccc3)c3ccccc3c2-c2ccccc2)ccc1/C=C(\C)n1c2ccccc2c2ccccc21. The molecule has 1 aliphatic carbocycles. The maximum Gasteiger partial charge on any atom is 0.0537 e. The third kappa shape index (κ3) is 4.74. The van der Waals surface area contributed by atoms with Crippen LogP contribution in [0, 0.1) is 0 Å². The van der Waals surface area contributed by atoms with Crippen molar-refractivity contribution in [2.24, 2.45) is 0 Å². The predicted molar refractivity (Wildman–Crippen MR) is 242 cm³/mol. The van der Waals surface area contributed by atoms with Gasteiger partial charge in [-0.25, -0.2) is 0 Å². The Bertz CT molecular complexity index is 3100. The van der Waals surface area contributed by atoms with Crippen LogP contribution in [-0.4, -0.2) is 4.57 Å². The summed E-state index contributed by atoms with van der Waals surface area (Å²) in [7, 11) is 0. The van der Waals surface area contributed by atoms with Crippen molar-refractivity contribution in [3.63, 3.8) is 0 Å². The van der Waals surface area contributed by atoms with Gasteiger partial charge in [-0.2, -0.15) is 0 Å². The average molecular weight is 712 g/mol. The standard InChI is InChI=1S/C55H37N/c1-3-36-34-40(30-29-39(36)33-35(2)56-49-27-14-12-21-42(49)43-22-13-15-28-50(43)56)41-31-32-48-53-44(41)25-16-26-47(53)54-51(37-17-6-4-7-18-37)45-23-10-11-24-46(45)52(55(48)54)38-19-8-5-9-20-38/h3-34H,1H2,2H3/b35-33+. The molecule has 0 saturated heterocycles. The molecular formula is C55H37N. The van der Waals surface area contributed by atoms with Crippen molar-refractivity contribution in [3.05, 3.63) is 200 Å². The first kappa shape index (κ1) is 32.2. The lowest BCUT2D eigenvalue weighted by atomic mass is 9.82. The smallest absolute Gasteiger partial charge is 0.0537 e. The third-order valence-electron chi connectivity index (χ3n) is 11.8. The lowest BCUT2D eigenvalue weighted by Gasteiger charge is -2.20. The van der Waals surface area contributed by atoms with Gasteiger partial charge >= 0.3 is 0 Å². The number of fused-ring (bicyclic) bond motifs is 7. The van der Waals surface area contributed by atoms with Crippen LogP contribution in [0.5, 0.6) is 0 Å². The van der Waals surface area contributed by atoms with Crippen molar-refractivity contribution < 1.29 is 0 Å². The van der Waals surface area contributed by atoms with Gasteiger partial charge in [0.2, 0.25) is 0 Å². The number of aromatic nitrogens is 1. The molecule has 0 amide bonds. The molecule has 1 aliphatic rings. The molecule has 1 nitrogen and oxygen atoms in total. The van der Waals surface area contributed by atoms with Crippen LogP contribution in [-0.2, 0) is 0 Å². The minimum absolute atomic E-state index is 1.11. The maximum absolute atomic E-state index is 4.29. The Labute approximate surface area is 326 Å². The molecule has 1 aromatic heterocycles. The van der Waals surface area contributed by atoms with E-state index in [1.165, 1.54) is 99.0 Å². The minimum atomic E-state index is 1.11. The summed E-state index contributed by atoms with van der Waals surface area (Å²) in [5.41, 5.74) is 18.5. The summed E-state index contributed by atoms with van der Waals surface area (Å²) in [6.07, 6.45) is 4.29.